The van der Waals surface area contributed by atoms with Crippen molar-refractivity contribution in [3.8, 4) is 11.1 Å². The maximum atomic E-state index is 15.8. The van der Waals surface area contributed by atoms with Crippen molar-refractivity contribution in [3.63, 3.8) is 0 Å². The highest BCUT2D eigenvalue weighted by Crippen LogP contribution is 2.36. The van der Waals surface area contributed by atoms with Gasteiger partial charge in [0.2, 0.25) is 0 Å². The zero-order valence-electron chi connectivity index (χ0n) is 45.1. The van der Waals surface area contributed by atoms with Crippen LogP contribution < -0.4 is 31.1 Å². The van der Waals surface area contributed by atoms with Crippen LogP contribution in [0.3, 0.4) is 0 Å². The lowest BCUT2D eigenvalue weighted by molar-refractivity contribution is 0.146. The fraction of sp³-hybridized carbons (Fsp3) is 0.364. The molecule has 1 unspecified atom stereocenters. The highest BCUT2D eigenvalue weighted by atomic mass is 32.1. The van der Waals surface area contributed by atoms with E-state index in [4.69, 9.17) is 9.97 Å². The van der Waals surface area contributed by atoms with E-state index in [2.05, 4.69) is 144 Å². The predicted octanol–water partition coefficient (Wildman–Crippen LogP) is 14.2. The molecule has 3 aromatic heterocycles. The molecular weight excluding hydrogens is 956 g/mol. The Bertz CT molecular complexity index is 3340. The van der Waals surface area contributed by atoms with Gasteiger partial charge < -0.3 is 29.9 Å². The SMILES string of the molecule is C=CNC(=C)CCC(C)n1c(=C)c2cc(F)c(N3CCC(CN4CCC(CCCCCc5cccc(-c6ccc(N7CCc8cccc(C(=C)Nc9nc%10ccccc%10s9)c8C7)nc6C=C)c5C)CC4)CC3)cc2c1=C. The van der Waals surface area contributed by atoms with Crippen LogP contribution in [-0.2, 0) is 19.4 Å². The van der Waals surface area contributed by atoms with Crippen LogP contribution in [0.15, 0.2) is 123 Å². The number of allylic oxidation sites excluding steroid dienone is 1. The molecule has 1 atom stereocenters. The Balaban J connectivity index is 0.665. The van der Waals surface area contributed by atoms with Gasteiger partial charge in [0.15, 0.2) is 5.13 Å². The van der Waals surface area contributed by atoms with Crippen molar-refractivity contribution >= 4 is 73.9 Å². The summed E-state index contributed by atoms with van der Waals surface area (Å²) in [6, 6.07) is 29.9. The van der Waals surface area contributed by atoms with Gasteiger partial charge in [0.1, 0.15) is 11.6 Å². The van der Waals surface area contributed by atoms with E-state index in [-0.39, 0.29) is 11.9 Å². The molecule has 0 radical (unpaired) electrons. The van der Waals surface area contributed by atoms with Gasteiger partial charge in [-0.25, -0.2) is 14.4 Å². The van der Waals surface area contributed by atoms with Gasteiger partial charge in [-0.15, -0.1) is 0 Å². The lowest BCUT2D eigenvalue weighted by Crippen LogP contribution is -2.41. The number of hydrogen-bond donors (Lipinski definition) is 2. The number of unbranched alkanes of at least 4 members (excludes halogenated alkanes) is 2. The molecule has 2 N–H and O–H groups in total. The maximum absolute atomic E-state index is 15.8. The molecule has 0 bridgehead atoms. The van der Waals surface area contributed by atoms with Crippen LogP contribution in [-0.4, -0.2) is 58.7 Å². The lowest BCUT2D eigenvalue weighted by atomic mass is 9.89. The van der Waals surface area contributed by atoms with Crippen molar-refractivity contribution in [2.75, 3.05) is 54.4 Å². The highest BCUT2D eigenvalue weighted by Gasteiger charge is 2.28. The normalized spacial score (nSPS) is 16.0. The molecule has 3 aliphatic heterocycles. The third-order valence-electron chi connectivity index (χ3n) is 17.0. The number of piperidine rings is 2. The van der Waals surface area contributed by atoms with Crippen LogP contribution in [0.2, 0.25) is 0 Å². The topological polar surface area (TPSA) is 64.5 Å². The molecule has 2 fully saturated rings. The number of hydrogen-bond acceptors (Lipinski definition) is 8. The van der Waals surface area contributed by atoms with Gasteiger partial charge in [-0.1, -0.05) is 119 Å². The number of aromatic nitrogens is 3. The van der Waals surface area contributed by atoms with Crippen LogP contribution in [0.1, 0.15) is 111 Å². The summed E-state index contributed by atoms with van der Waals surface area (Å²) in [5.41, 5.74) is 13.3. The average Bonchev–Trinajstić information content (AvgIpc) is 3.97. The van der Waals surface area contributed by atoms with E-state index >= 15 is 4.39 Å². The van der Waals surface area contributed by atoms with Gasteiger partial charge in [0, 0.05) is 82.8 Å². The molecule has 0 spiro atoms. The quantitative estimate of drug-likeness (QED) is 0.0695. The first kappa shape index (κ1) is 52.7. The van der Waals surface area contributed by atoms with Gasteiger partial charge in [-0.2, -0.15) is 0 Å². The number of anilines is 3. The largest absolute Gasteiger partial charge is 0.369 e. The summed E-state index contributed by atoms with van der Waals surface area (Å²) >= 11 is 1.65. The van der Waals surface area contributed by atoms with Gasteiger partial charge in [0.25, 0.3) is 0 Å². The first-order valence-corrected chi connectivity index (χ1v) is 28.7. The van der Waals surface area contributed by atoms with Gasteiger partial charge in [-0.05, 0) is 173 Å². The molecule has 8 nitrogen and oxygen atoms in total. The summed E-state index contributed by atoms with van der Waals surface area (Å²) in [5, 5.41) is 11.0. The molecule has 0 amide bonds. The van der Waals surface area contributed by atoms with E-state index in [9.17, 15) is 0 Å². The molecule has 394 valence electrons. The molecule has 0 aliphatic carbocycles. The number of para-hydroxylation sites is 1. The fourth-order valence-electron chi connectivity index (χ4n) is 12.5. The number of fused-ring (bicyclic) bond motifs is 3. The molecule has 3 aliphatic rings. The maximum Gasteiger partial charge on any atom is 0.188 e. The number of nitrogens with zero attached hydrogens (tertiary/aromatic N) is 6. The minimum absolute atomic E-state index is 0.158. The summed E-state index contributed by atoms with van der Waals surface area (Å²) in [7, 11) is 0. The monoisotopic (exact) mass is 1030 g/mol. The Morgan fingerprint density at radius 3 is 2.36 bits per heavy atom. The minimum atomic E-state index is -0.164. The minimum Gasteiger partial charge on any atom is -0.369 e. The second kappa shape index (κ2) is 23.6. The lowest BCUT2D eigenvalue weighted by Gasteiger charge is -2.38. The number of nitrogens with one attached hydrogen (secondary N) is 2. The molecular formula is C66H77FN8S. The summed E-state index contributed by atoms with van der Waals surface area (Å²) in [6.07, 6.45) is 17.2. The van der Waals surface area contributed by atoms with E-state index in [1.165, 1.54) is 79.4 Å². The van der Waals surface area contributed by atoms with E-state index in [1.54, 1.807) is 23.6 Å². The Morgan fingerprint density at radius 2 is 1.58 bits per heavy atom. The molecule has 0 saturated carbocycles. The number of aryl methyl sites for hydroxylation is 1. The molecule has 6 heterocycles. The molecule has 10 rings (SSSR count). The smallest absolute Gasteiger partial charge is 0.188 e. The zero-order chi connectivity index (χ0) is 52.9. The molecule has 7 aromatic rings. The average molecular weight is 1030 g/mol. The first-order chi connectivity index (χ1) is 37.0. The Labute approximate surface area is 454 Å². The predicted molar refractivity (Wildman–Crippen MR) is 323 cm³/mol. The number of thiazole rings is 1. The highest BCUT2D eigenvalue weighted by molar-refractivity contribution is 7.22. The number of halogens is 1. The van der Waals surface area contributed by atoms with Crippen LogP contribution in [0.25, 0.3) is 57.0 Å². The fourth-order valence-corrected chi connectivity index (χ4v) is 13.4. The number of likely N-dealkylation sites (tertiary alicyclic amines) is 1. The Morgan fingerprint density at radius 1 is 0.816 bits per heavy atom. The second-order valence-corrected chi connectivity index (χ2v) is 22.9. The number of benzene rings is 4. The molecule has 10 heteroatoms. The van der Waals surface area contributed by atoms with E-state index in [1.807, 2.05) is 24.3 Å². The number of pyridine rings is 1. The summed E-state index contributed by atoms with van der Waals surface area (Å²) in [4.78, 5) is 17.4. The van der Waals surface area contributed by atoms with Crippen molar-refractivity contribution < 1.29 is 4.39 Å². The molecule has 2 saturated heterocycles. The molecule has 4 aromatic carbocycles. The van der Waals surface area contributed by atoms with Crippen LogP contribution in [0.5, 0.6) is 0 Å². The number of rotatable bonds is 21. The van der Waals surface area contributed by atoms with Crippen molar-refractivity contribution in [2.45, 2.75) is 103 Å². The Kier molecular flexibility index (Phi) is 16.4. The zero-order valence-corrected chi connectivity index (χ0v) is 45.9. The van der Waals surface area contributed by atoms with Crippen LogP contribution in [0, 0.1) is 24.6 Å². The first-order valence-electron chi connectivity index (χ1n) is 27.9. The summed E-state index contributed by atoms with van der Waals surface area (Å²) in [6.45, 7) is 36.8. The van der Waals surface area contributed by atoms with Crippen molar-refractivity contribution in [1.82, 2.24) is 24.8 Å². The summed E-state index contributed by atoms with van der Waals surface area (Å²) < 4.78 is 19.1. The summed E-state index contributed by atoms with van der Waals surface area (Å²) in [5.74, 6) is 2.29. The van der Waals surface area contributed by atoms with Crippen molar-refractivity contribution in [3.05, 3.63) is 173 Å². The van der Waals surface area contributed by atoms with Crippen molar-refractivity contribution in [2.24, 2.45) is 11.8 Å². The second-order valence-electron chi connectivity index (χ2n) is 21.8. The van der Waals surface area contributed by atoms with Gasteiger partial charge in [0.05, 0.1) is 21.6 Å². The van der Waals surface area contributed by atoms with Crippen LogP contribution >= 0.6 is 11.3 Å². The third kappa shape index (κ3) is 11.5. The van der Waals surface area contributed by atoms with E-state index < -0.39 is 0 Å². The molecule has 76 heavy (non-hydrogen) atoms. The van der Waals surface area contributed by atoms with E-state index in [0.717, 1.165) is 148 Å². The van der Waals surface area contributed by atoms with E-state index in [0.29, 0.717) is 11.6 Å². The standard InChI is InChI=1S/C66H77FN8S/c1-9-61-56(28-29-65(70-61)74-39-34-53-21-17-23-55(59(53)43-74)47(6)69-66-71-62-24-14-15-25-64(62)76-66)54-22-16-20-52(46(54)5)19-13-11-12-18-50-30-35-72(36-31-50)42-51-32-37-73(38-33-51)63-41-58-49(8)75(48(7)57(58)40-60(63)67)45(4)27-26-44(3)68-10-2/h9-10,14-17,20-25,28-29,40-41,45,50-51,68H,1-3,6-8,11-13,18-19,26-27,30-39,42-43H2,4-5H3,(H,69,71). The van der Waals surface area contributed by atoms with Gasteiger partial charge in [-0.3, -0.25) is 0 Å². The van der Waals surface area contributed by atoms with Gasteiger partial charge >= 0.3 is 0 Å². The Hall–Kier alpha value is -6.75. The van der Waals surface area contributed by atoms with Crippen molar-refractivity contribution in [1.29, 1.82) is 0 Å². The third-order valence-corrected chi connectivity index (χ3v) is 17.9. The van der Waals surface area contributed by atoms with Crippen LogP contribution in [0.4, 0.5) is 21.0 Å².